The molecule has 0 aliphatic heterocycles. The second-order valence-electron chi connectivity index (χ2n) is 4.99. The highest BCUT2D eigenvalue weighted by Gasteiger charge is 2.18. The molecule has 0 bridgehead atoms. The van der Waals surface area contributed by atoms with Crippen LogP contribution in [0, 0.1) is 6.92 Å². The monoisotopic (exact) mass is 235 g/mol. The molecule has 2 rings (SSSR count). The molecule has 0 amide bonds. The predicted molar refractivity (Wildman–Crippen MR) is 68.0 cm³/mol. The van der Waals surface area contributed by atoms with Gasteiger partial charge in [-0.25, -0.2) is 15.0 Å². The summed E-state index contributed by atoms with van der Waals surface area (Å²) in [6.45, 7) is 8.69. The summed E-state index contributed by atoms with van der Waals surface area (Å²) < 4.78 is 2.03. The van der Waals surface area contributed by atoms with Crippen LogP contribution in [-0.2, 0) is 7.05 Å². The second-order valence-corrected chi connectivity index (χ2v) is 9.74. The van der Waals surface area contributed by atoms with E-state index >= 15 is 0 Å². The third-order valence-electron chi connectivity index (χ3n) is 2.38. The molecule has 0 unspecified atom stereocenters. The Kier molecular flexibility index (Phi) is 2.45. The van der Waals surface area contributed by atoms with Crippen LogP contribution in [-0.4, -0.2) is 27.8 Å². The molecule has 2 aromatic rings. The van der Waals surface area contributed by atoms with Gasteiger partial charge in [-0.2, -0.15) is 0 Å². The Bertz CT molecular complexity index is 526. The average Bonchev–Trinajstić information content (AvgIpc) is 2.41. The van der Waals surface area contributed by atoms with Gasteiger partial charge in [0.15, 0.2) is 5.65 Å². The van der Waals surface area contributed by atoms with Crippen LogP contribution >= 0.6 is 0 Å². The molecule has 0 saturated heterocycles. The predicted octanol–water partition coefficient (Wildman–Crippen LogP) is 1.92. The SMILES string of the molecule is Cc1nc2ncnc(N[Si](C)(C)C)c2n1C. The van der Waals surface area contributed by atoms with E-state index in [1.807, 2.05) is 18.5 Å². The summed E-state index contributed by atoms with van der Waals surface area (Å²) in [6, 6.07) is 0. The second kappa shape index (κ2) is 3.55. The third kappa shape index (κ3) is 1.92. The van der Waals surface area contributed by atoms with Gasteiger partial charge in [0.2, 0.25) is 0 Å². The van der Waals surface area contributed by atoms with E-state index in [1.54, 1.807) is 6.33 Å². The summed E-state index contributed by atoms with van der Waals surface area (Å²) in [7, 11) is 0.579. The lowest BCUT2D eigenvalue weighted by Crippen LogP contribution is -2.33. The molecule has 0 aliphatic carbocycles. The molecule has 86 valence electrons. The van der Waals surface area contributed by atoms with E-state index < -0.39 is 8.24 Å². The lowest BCUT2D eigenvalue weighted by Gasteiger charge is -2.19. The summed E-state index contributed by atoms with van der Waals surface area (Å²) in [5, 5.41) is 0. The number of anilines is 1. The molecule has 2 aromatic heterocycles. The van der Waals surface area contributed by atoms with Gasteiger partial charge in [0.05, 0.1) is 0 Å². The van der Waals surface area contributed by atoms with Gasteiger partial charge >= 0.3 is 0 Å². The normalized spacial score (nSPS) is 12.1. The summed E-state index contributed by atoms with van der Waals surface area (Å²) in [5.74, 6) is 1.85. The summed E-state index contributed by atoms with van der Waals surface area (Å²) in [5.41, 5.74) is 1.75. The highest BCUT2D eigenvalue weighted by Crippen LogP contribution is 2.21. The fraction of sp³-hybridized carbons (Fsp3) is 0.500. The van der Waals surface area contributed by atoms with Crippen molar-refractivity contribution in [3.8, 4) is 0 Å². The largest absolute Gasteiger partial charge is 0.394 e. The molecule has 0 aliphatic rings. The maximum absolute atomic E-state index is 4.39. The first-order valence-corrected chi connectivity index (χ1v) is 8.81. The number of nitrogens with one attached hydrogen (secondary N) is 1. The Labute approximate surface area is 96.0 Å². The zero-order chi connectivity index (χ0) is 11.9. The standard InChI is InChI=1S/C10H17N5Si/c1-7-13-9-8(15(7)2)10(12-6-11-9)14-16(3,4)5/h6H,1-5H3,(H,11,12,14). The Morgan fingerprint density at radius 2 is 1.94 bits per heavy atom. The van der Waals surface area contributed by atoms with Crippen molar-refractivity contribution < 1.29 is 0 Å². The smallest absolute Gasteiger partial charge is 0.183 e. The molecule has 0 spiro atoms. The van der Waals surface area contributed by atoms with Crippen LogP contribution < -0.4 is 4.98 Å². The highest BCUT2D eigenvalue weighted by atomic mass is 28.3. The maximum Gasteiger partial charge on any atom is 0.183 e. The average molecular weight is 235 g/mol. The number of fused-ring (bicyclic) bond motifs is 1. The van der Waals surface area contributed by atoms with Gasteiger partial charge < -0.3 is 9.55 Å². The zero-order valence-electron chi connectivity index (χ0n) is 10.4. The molecule has 0 atom stereocenters. The highest BCUT2D eigenvalue weighted by molar-refractivity contribution is 6.79. The van der Waals surface area contributed by atoms with Crippen molar-refractivity contribution in [2.24, 2.45) is 7.05 Å². The molecule has 2 heterocycles. The number of aryl methyl sites for hydroxylation is 2. The molecule has 5 nitrogen and oxygen atoms in total. The number of aromatic nitrogens is 4. The molecular weight excluding hydrogens is 218 g/mol. The van der Waals surface area contributed by atoms with E-state index in [4.69, 9.17) is 0 Å². The molecule has 0 radical (unpaired) electrons. The van der Waals surface area contributed by atoms with E-state index in [2.05, 4.69) is 39.6 Å². The minimum atomic E-state index is -1.41. The summed E-state index contributed by atoms with van der Waals surface area (Å²) in [6.07, 6.45) is 1.57. The summed E-state index contributed by atoms with van der Waals surface area (Å²) >= 11 is 0. The lowest BCUT2D eigenvalue weighted by atomic mass is 10.5. The lowest BCUT2D eigenvalue weighted by molar-refractivity contribution is 0.885. The van der Waals surface area contributed by atoms with Crippen LogP contribution in [0.5, 0.6) is 0 Å². The van der Waals surface area contributed by atoms with Gasteiger partial charge in [-0.3, -0.25) is 0 Å². The molecule has 0 fully saturated rings. The first-order valence-electron chi connectivity index (χ1n) is 5.31. The Morgan fingerprint density at radius 1 is 1.25 bits per heavy atom. The number of rotatable bonds is 2. The van der Waals surface area contributed by atoms with Crippen LogP contribution in [0.1, 0.15) is 5.82 Å². The first-order chi connectivity index (χ1) is 7.38. The molecule has 6 heteroatoms. The molecule has 1 N–H and O–H groups in total. The maximum atomic E-state index is 4.39. The van der Waals surface area contributed by atoms with Crippen molar-refractivity contribution >= 4 is 25.2 Å². The topological polar surface area (TPSA) is 55.6 Å². The van der Waals surface area contributed by atoms with Crippen molar-refractivity contribution in [2.75, 3.05) is 4.98 Å². The zero-order valence-corrected chi connectivity index (χ0v) is 11.4. The van der Waals surface area contributed by atoms with Crippen LogP contribution in [0.3, 0.4) is 0 Å². The fourth-order valence-corrected chi connectivity index (χ4v) is 2.49. The van der Waals surface area contributed by atoms with E-state index in [0.29, 0.717) is 0 Å². The van der Waals surface area contributed by atoms with Gasteiger partial charge in [-0.1, -0.05) is 19.6 Å². The molecule has 16 heavy (non-hydrogen) atoms. The van der Waals surface area contributed by atoms with Gasteiger partial charge in [-0.15, -0.1) is 0 Å². The van der Waals surface area contributed by atoms with Crippen molar-refractivity contribution in [1.29, 1.82) is 0 Å². The van der Waals surface area contributed by atoms with Crippen LogP contribution in [0.4, 0.5) is 5.82 Å². The van der Waals surface area contributed by atoms with Gasteiger partial charge in [0, 0.05) is 7.05 Å². The van der Waals surface area contributed by atoms with E-state index in [0.717, 1.165) is 22.8 Å². The van der Waals surface area contributed by atoms with Crippen LogP contribution in [0.25, 0.3) is 11.2 Å². The molecule has 0 saturated carbocycles. The van der Waals surface area contributed by atoms with E-state index in [1.165, 1.54) is 0 Å². The van der Waals surface area contributed by atoms with Crippen molar-refractivity contribution in [2.45, 2.75) is 26.6 Å². The number of nitrogens with zero attached hydrogens (tertiary/aromatic N) is 4. The summed E-state index contributed by atoms with van der Waals surface area (Å²) in [4.78, 5) is 16.4. The minimum Gasteiger partial charge on any atom is -0.394 e. The molecular formula is C10H17N5Si. The fourth-order valence-electron chi connectivity index (χ4n) is 1.60. The number of imidazole rings is 1. The first kappa shape index (κ1) is 11.1. The Balaban J connectivity index is 2.61. The number of hydrogen-bond acceptors (Lipinski definition) is 4. The van der Waals surface area contributed by atoms with E-state index in [9.17, 15) is 0 Å². The van der Waals surface area contributed by atoms with Crippen molar-refractivity contribution in [3.63, 3.8) is 0 Å². The van der Waals surface area contributed by atoms with Crippen LogP contribution in [0.15, 0.2) is 6.33 Å². The van der Waals surface area contributed by atoms with Gasteiger partial charge in [-0.05, 0) is 6.92 Å². The van der Waals surface area contributed by atoms with Crippen LogP contribution in [0.2, 0.25) is 19.6 Å². The quantitative estimate of drug-likeness (QED) is 0.808. The van der Waals surface area contributed by atoms with Crippen molar-refractivity contribution in [1.82, 2.24) is 19.5 Å². The van der Waals surface area contributed by atoms with E-state index in [-0.39, 0.29) is 0 Å². The van der Waals surface area contributed by atoms with Gasteiger partial charge in [0.25, 0.3) is 0 Å². The third-order valence-corrected chi connectivity index (χ3v) is 3.37. The minimum absolute atomic E-state index is 0.760. The Hall–Kier alpha value is -1.43. The van der Waals surface area contributed by atoms with Gasteiger partial charge in [0.1, 0.15) is 31.7 Å². The molecule has 0 aromatic carbocycles. The number of hydrogen-bond donors (Lipinski definition) is 1. The Morgan fingerprint density at radius 3 is 2.56 bits per heavy atom. The van der Waals surface area contributed by atoms with Crippen molar-refractivity contribution in [3.05, 3.63) is 12.2 Å².